The second kappa shape index (κ2) is 9.38. The van der Waals surface area contributed by atoms with E-state index in [9.17, 15) is 9.59 Å². The van der Waals surface area contributed by atoms with Gasteiger partial charge in [0.2, 0.25) is 11.8 Å². The molecular formula is C21H21N3O4S. The molecule has 0 aliphatic heterocycles. The van der Waals surface area contributed by atoms with E-state index in [1.807, 2.05) is 37.3 Å². The van der Waals surface area contributed by atoms with E-state index in [0.717, 1.165) is 11.1 Å². The Morgan fingerprint density at radius 2 is 1.90 bits per heavy atom. The largest absolute Gasteiger partial charge is 0.452 e. The Morgan fingerprint density at radius 1 is 1.10 bits per heavy atom. The lowest BCUT2D eigenvalue weighted by molar-refractivity contribution is -0.125. The first-order chi connectivity index (χ1) is 13.9. The molecule has 150 valence electrons. The molecule has 0 saturated carbocycles. The normalized spacial score (nSPS) is 10.6. The summed E-state index contributed by atoms with van der Waals surface area (Å²) in [6.45, 7) is 1.84. The zero-order valence-corrected chi connectivity index (χ0v) is 17.2. The first kappa shape index (κ1) is 20.6. The molecule has 0 atom stereocenters. The van der Waals surface area contributed by atoms with Gasteiger partial charge in [-0.15, -0.1) is 22.0 Å². The highest BCUT2D eigenvalue weighted by molar-refractivity contribution is 8.00. The van der Waals surface area contributed by atoms with Crippen molar-refractivity contribution < 1.29 is 18.7 Å². The number of benzene rings is 2. The van der Waals surface area contributed by atoms with Gasteiger partial charge < -0.3 is 14.1 Å². The van der Waals surface area contributed by atoms with Crippen LogP contribution in [-0.4, -0.2) is 46.8 Å². The SMILES string of the molecule is Cc1cccc(-c2nnc(COC(=O)c3ccccc3SCC(=O)N(C)C)o2)c1. The monoisotopic (exact) mass is 411 g/mol. The van der Waals surface area contributed by atoms with E-state index in [4.69, 9.17) is 9.15 Å². The summed E-state index contributed by atoms with van der Waals surface area (Å²) in [6, 6.07) is 14.7. The van der Waals surface area contributed by atoms with E-state index in [1.165, 1.54) is 16.7 Å². The quantitative estimate of drug-likeness (QED) is 0.434. The molecule has 0 radical (unpaired) electrons. The van der Waals surface area contributed by atoms with Crippen LogP contribution >= 0.6 is 11.8 Å². The van der Waals surface area contributed by atoms with Crippen LogP contribution in [0.4, 0.5) is 0 Å². The molecule has 0 fully saturated rings. The molecule has 29 heavy (non-hydrogen) atoms. The van der Waals surface area contributed by atoms with E-state index in [0.29, 0.717) is 16.3 Å². The molecule has 0 saturated heterocycles. The number of thioether (sulfide) groups is 1. The number of esters is 1. The van der Waals surface area contributed by atoms with Gasteiger partial charge in [-0.2, -0.15) is 0 Å². The molecule has 1 amide bonds. The molecule has 3 aromatic rings. The van der Waals surface area contributed by atoms with Crippen molar-refractivity contribution in [3.05, 3.63) is 65.5 Å². The third-order valence-corrected chi connectivity index (χ3v) is 5.07. The van der Waals surface area contributed by atoms with Gasteiger partial charge in [-0.25, -0.2) is 4.79 Å². The Balaban J connectivity index is 1.64. The molecule has 0 spiro atoms. The molecule has 7 nitrogen and oxygen atoms in total. The van der Waals surface area contributed by atoms with E-state index >= 15 is 0 Å². The highest BCUT2D eigenvalue weighted by Crippen LogP contribution is 2.24. The van der Waals surface area contributed by atoms with Gasteiger partial charge in [0.1, 0.15) is 0 Å². The maximum atomic E-state index is 12.5. The van der Waals surface area contributed by atoms with Crippen LogP contribution in [0, 0.1) is 6.92 Å². The number of rotatable bonds is 7. The summed E-state index contributed by atoms with van der Waals surface area (Å²) in [4.78, 5) is 26.5. The number of aromatic nitrogens is 2. The molecular weight excluding hydrogens is 390 g/mol. The number of carbonyl (C=O) groups excluding carboxylic acids is 2. The van der Waals surface area contributed by atoms with Gasteiger partial charge in [-0.1, -0.05) is 29.8 Å². The molecule has 2 aromatic carbocycles. The highest BCUT2D eigenvalue weighted by Gasteiger charge is 2.16. The number of carbonyl (C=O) groups is 2. The summed E-state index contributed by atoms with van der Waals surface area (Å²) in [7, 11) is 3.39. The van der Waals surface area contributed by atoms with Crippen LogP contribution < -0.4 is 0 Å². The van der Waals surface area contributed by atoms with Crippen molar-refractivity contribution in [3.63, 3.8) is 0 Å². The van der Waals surface area contributed by atoms with Gasteiger partial charge in [-0.3, -0.25) is 4.79 Å². The fraction of sp³-hybridized carbons (Fsp3) is 0.238. The van der Waals surface area contributed by atoms with Gasteiger partial charge >= 0.3 is 5.97 Å². The van der Waals surface area contributed by atoms with E-state index < -0.39 is 5.97 Å². The lowest BCUT2D eigenvalue weighted by Gasteiger charge is -2.11. The minimum atomic E-state index is -0.513. The molecule has 0 unspecified atom stereocenters. The zero-order valence-electron chi connectivity index (χ0n) is 16.4. The van der Waals surface area contributed by atoms with Crippen LogP contribution in [0.5, 0.6) is 0 Å². The number of amides is 1. The molecule has 0 N–H and O–H groups in total. The summed E-state index contributed by atoms with van der Waals surface area (Å²) in [5, 5.41) is 7.95. The third kappa shape index (κ3) is 5.45. The number of ether oxygens (including phenoxy) is 1. The number of nitrogens with zero attached hydrogens (tertiary/aromatic N) is 3. The Hall–Kier alpha value is -3.13. The van der Waals surface area contributed by atoms with Crippen LogP contribution in [0.15, 0.2) is 57.8 Å². The average Bonchev–Trinajstić information content (AvgIpc) is 3.19. The Bertz CT molecular complexity index is 1020. The third-order valence-electron chi connectivity index (χ3n) is 4.02. The lowest BCUT2D eigenvalue weighted by Crippen LogP contribution is -2.23. The minimum absolute atomic E-state index is 0.0345. The number of aryl methyl sites for hydroxylation is 1. The van der Waals surface area contributed by atoms with Gasteiger partial charge in [-0.05, 0) is 31.2 Å². The maximum Gasteiger partial charge on any atom is 0.339 e. The summed E-state index contributed by atoms with van der Waals surface area (Å²) in [6.07, 6.45) is 0. The van der Waals surface area contributed by atoms with E-state index in [-0.39, 0.29) is 24.2 Å². The summed E-state index contributed by atoms with van der Waals surface area (Å²) in [5.41, 5.74) is 2.28. The van der Waals surface area contributed by atoms with E-state index in [1.54, 1.807) is 32.3 Å². The van der Waals surface area contributed by atoms with Crippen LogP contribution in [-0.2, 0) is 16.1 Å². The average molecular weight is 411 g/mol. The van der Waals surface area contributed by atoms with Crippen LogP contribution in [0.25, 0.3) is 11.5 Å². The zero-order chi connectivity index (χ0) is 20.8. The summed E-state index contributed by atoms with van der Waals surface area (Å²) < 4.78 is 10.9. The maximum absolute atomic E-state index is 12.5. The minimum Gasteiger partial charge on any atom is -0.452 e. The molecule has 8 heteroatoms. The van der Waals surface area contributed by atoms with Gasteiger partial charge in [0, 0.05) is 24.6 Å². The molecule has 0 aliphatic rings. The van der Waals surface area contributed by atoms with Gasteiger partial charge in [0.05, 0.1) is 11.3 Å². The van der Waals surface area contributed by atoms with Gasteiger partial charge in [0.25, 0.3) is 5.89 Å². The number of hydrogen-bond acceptors (Lipinski definition) is 7. The molecule has 1 heterocycles. The topological polar surface area (TPSA) is 85.5 Å². The van der Waals surface area contributed by atoms with E-state index in [2.05, 4.69) is 10.2 Å². The fourth-order valence-electron chi connectivity index (χ4n) is 2.44. The fourth-order valence-corrected chi connectivity index (χ4v) is 3.46. The second-order valence-electron chi connectivity index (χ2n) is 6.52. The van der Waals surface area contributed by atoms with Crippen molar-refractivity contribution in [3.8, 4) is 11.5 Å². The van der Waals surface area contributed by atoms with Crippen LogP contribution in [0.1, 0.15) is 21.8 Å². The molecule has 3 rings (SSSR count). The highest BCUT2D eigenvalue weighted by atomic mass is 32.2. The van der Waals surface area contributed by atoms with Crippen molar-refractivity contribution in [1.82, 2.24) is 15.1 Å². The first-order valence-electron chi connectivity index (χ1n) is 8.92. The summed E-state index contributed by atoms with van der Waals surface area (Å²) in [5.74, 6) is 0.273. The second-order valence-corrected chi connectivity index (χ2v) is 7.54. The molecule has 0 aliphatic carbocycles. The standard InChI is InChI=1S/C21H21N3O4S/c1-14-7-6-8-15(11-14)20-23-22-18(28-20)12-27-21(26)16-9-4-5-10-17(16)29-13-19(25)24(2)3/h4-11H,12-13H2,1-3H3. The predicted octanol–water partition coefficient (Wildman–Crippen LogP) is 3.58. The van der Waals surface area contributed by atoms with Crippen LogP contribution in [0.3, 0.4) is 0 Å². The van der Waals surface area contributed by atoms with Crippen LogP contribution in [0.2, 0.25) is 0 Å². The Kier molecular flexibility index (Phi) is 6.66. The molecule has 1 aromatic heterocycles. The van der Waals surface area contributed by atoms with Crippen molar-refractivity contribution >= 4 is 23.6 Å². The molecule has 0 bridgehead atoms. The number of hydrogen-bond donors (Lipinski definition) is 0. The predicted molar refractivity (Wildman–Crippen MR) is 109 cm³/mol. The lowest BCUT2D eigenvalue weighted by atomic mass is 10.1. The first-order valence-corrected chi connectivity index (χ1v) is 9.91. The van der Waals surface area contributed by atoms with Crippen molar-refractivity contribution in [2.24, 2.45) is 0 Å². The Labute approximate surface area is 173 Å². The van der Waals surface area contributed by atoms with Crippen molar-refractivity contribution in [1.29, 1.82) is 0 Å². The van der Waals surface area contributed by atoms with Crippen molar-refractivity contribution in [2.75, 3.05) is 19.8 Å². The Morgan fingerprint density at radius 3 is 2.66 bits per heavy atom. The van der Waals surface area contributed by atoms with Crippen molar-refractivity contribution in [2.45, 2.75) is 18.4 Å². The smallest absolute Gasteiger partial charge is 0.339 e. The summed E-state index contributed by atoms with van der Waals surface area (Å²) >= 11 is 1.29. The van der Waals surface area contributed by atoms with Gasteiger partial charge in [0.15, 0.2) is 6.61 Å².